The van der Waals surface area contributed by atoms with E-state index in [4.69, 9.17) is 19.0 Å². The van der Waals surface area contributed by atoms with Gasteiger partial charge in [-0.1, -0.05) is 5.16 Å². The Labute approximate surface area is 146 Å². The van der Waals surface area contributed by atoms with Crippen molar-refractivity contribution >= 4 is 17.8 Å². The second kappa shape index (κ2) is 9.17. The molecule has 132 valence electrons. The van der Waals surface area contributed by atoms with Gasteiger partial charge in [-0.15, -0.1) is 0 Å². The van der Waals surface area contributed by atoms with E-state index in [0.29, 0.717) is 22.9 Å². The van der Waals surface area contributed by atoms with Crippen LogP contribution in [0.1, 0.15) is 5.56 Å². The van der Waals surface area contributed by atoms with Crippen LogP contribution in [0.2, 0.25) is 0 Å². The summed E-state index contributed by atoms with van der Waals surface area (Å²) in [5, 5.41) is 6.47. The summed E-state index contributed by atoms with van der Waals surface area (Å²) < 4.78 is 15.4. The zero-order chi connectivity index (χ0) is 18.1. The molecule has 0 aromatic heterocycles. The van der Waals surface area contributed by atoms with E-state index in [9.17, 15) is 4.79 Å². The number of oxime groups is 1. The zero-order valence-electron chi connectivity index (χ0n) is 14.3. The van der Waals surface area contributed by atoms with Crippen LogP contribution in [0.5, 0.6) is 17.2 Å². The number of nitrogens with one attached hydrogen (secondary N) is 1. The van der Waals surface area contributed by atoms with Crippen molar-refractivity contribution in [2.45, 2.75) is 0 Å². The molecule has 0 aliphatic rings. The molecule has 7 heteroatoms. The third-order valence-corrected chi connectivity index (χ3v) is 3.25. The summed E-state index contributed by atoms with van der Waals surface area (Å²) in [5.74, 6) is 1.62. The molecule has 0 saturated heterocycles. The number of benzene rings is 2. The quantitative estimate of drug-likeness (QED) is 0.588. The van der Waals surface area contributed by atoms with E-state index in [1.165, 1.54) is 6.21 Å². The van der Waals surface area contributed by atoms with E-state index in [-0.39, 0.29) is 12.5 Å². The number of hydrogen-bond donors (Lipinski definition) is 1. The first-order valence-corrected chi connectivity index (χ1v) is 7.47. The highest BCUT2D eigenvalue weighted by atomic mass is 16.6. The Bertz CT molecular complexity index is 729. The summed E-state index contributed by atoms with van der Waals surface area (Å²) >= 11 is 0. The first kappa shape index (κ1) is 18.1. The van der Waals surface area contributed by atoms with E-state index in [2.05, 4.69) is 10.5 Å². The molecule has 0 spiro atoms. The van der Waals surface area contributed by atoms with Crippen LogP contribution in [0, 0.1) is 0 Å². The number of rotatable bonds is 8. The van der Waals surface area contributed by atoms with Gasteiger partial charge in [-0.3, -0.25) is 4.79 Å². The van der Waals surface area contributed by atoms with Crippen molar-refractivity contribution in [3.05, 3.63) is 48.0 Å². The van der Waals surface area contributed by atoms with Crippen LogP contribution in [-0.2, 0) is 9.63 Å². The maximum Gasteiger partial charge on any atom is 0.265 e. The lowest BCUT2D eigenvalue weighted by Crippen LogP contribution is -2.16. The van der Waals surface area contributed by atoms with Crippen molar-refractivity contribution in [3.8, 4) is 17.2 Å². The molecule has 0 aliphatic heterocycles. The van der Waals surface area contributed by atoms with Crippen LogP contribution in [0.4, 0.5) is 5.69 Å². The third kappa shape index (κ3) is 5.42. The van der Waals surface area contributed by atoms with Crippen LogP contribution < -0.4 is 19.5 Å². The number of carbonyl (C=O) groups is 1. The van der Waals surface area contributed by atoms with Gasteiger partial charge in [0.25, 0.3) is 5.91 Å². The van der Waals surface area contributed by atoms with Crippen LogP contribution in [0.3, 0.4) is 0 Å². The standard InChI is InChI=1S/C18H20N2O5/c1-22-15-7-5-14(6-8-15)20-18(21)12-25-19-11-13-4-9-16(23-2)17(10-13)24-3/h4-11H,12H2,1-3H3,(H,20,21)/b19-11-. The van der Waals surface area contributed by atoms with E-state index in [1.807, 2.05) is 0 Å². The van der Waals surface area contributed by atoms with Crippen LogP contribution in [-0.4, -0.2) is 40.1 Å². The molecule has 0 aliphatic carbocycles. The molecule has 0 fully saturated rings. The minimum Gasteiger partial charge on any atom is -0.497 e. The lowest BCUT2D eigenvalue weighted by molar-refractivity contribution is -0.120. The van der Waals surface area contributed by atoms with Gasteiger partial charge in [-0.2, -0.15) is 0 Å². The zero-order valence-corrected chi connectivity index (χ0v) is 14.3. The Hall–Kier alpha value is -3.22. The average Bonchev–Trinajstić information content (AvgIpc) is 2.65. The first-order valence-electron chi connectivity index (χ1n) is 7.47. The Morgan fingerprint density at radius 2 is 1.72 bits per heavy atom. The molecule has 0 saturated carbocycles. The fraction of sp³-hybridized carbons (Fsp3) is 0.222. The van der Waals surface area contributed by atoms with Crippen molar-refractivity contribution in [2.75, 3.05) is 33.3 Å². The maximum atomic E-state index is 11.8. The number of carbonyl (C=O) groups excluding carboxylic acids is 1. The van der Waals surface area contributed by atoms with Crippen molar-refractivity contribution in [2.24, 2.45) is 5.16 Å². The van der Waals surface area contributed by atoms with E-state index < -0.39 is 0 Å². The lowest BCUT2D eigenvalue weighted by Gasteiger charge is -2.07. The number of ether oxygens (including phenoxy) is 3. The summed E-state index contributed by atoms with van der Waals surface area (Å²) in [6, 6.07) is 12.3. The van der Waals surface area contributed by atoms with Crippen molar-refractivity contribution in [1.29, 1.82) is 0 Å². The van der Waals surface area contributed by atoms with Gasteiger partial charge in [0.2, 0.25) is 0 Å². The number of hydrogen-bond acceptors (Lipinski definition) is 6. The Kier molecular flexibility index (Phi) is 6.65. The Balaban J connectivity index is 1.82. The highest BCUT2D eigenvalue weighted by Gasteiger charge is 2.04. The summed E-state index contributed by atoms with van der Waals surface area (Å²) in [7, 11) is 4.70. The predicted octanol–water partition coefficient (Wildman–Crippen LogP) is 2.70. The summed E-state index contributed by atoms with van der Waals surface area (Å²) in [5.41, 5.74) is 1.41. The van der Waals surface area contributed by atoms with E-state index in [0.717, 1.165) is 5.56 Å². The molecule has 0 bridgehead atoms. The molecule has 1 amide bonds. The van der Waals surface area contributed by atoms with Crippen molar-refractivity contribution in [3.63, 3.8) is 0 Å². The molecular formula is C18H20N2O5. The monoisotopic (exact) mass is 344 g/mol. The number of nitrogens with zero attached hydrogens (tertiary/aromatic N) is 1. The summed E-state index contributed by atoms with van der Waals surface area (Å²) in [6.45, 7) is -0.199. The highest BCUT2D eigenvalue weighted by molar-refractivity contribution is 5.91. The molecule has 1 N–H and O–H groups in total. The molecule has 0 radical (unpaired) electrons. The predicted molar refractivity (Wildman–Crippen MR) is 94.7 cm³/mol. The molecule has 2 rings (SSSR count). The Morgan fingerprint density at radius 3 is 2.36 bits per heavy atom. The average molecular weight is 344 g/mol. The molecule has 7 nitrogen and oxygen atoms in total. The molecule has 2 aromatic rings. The van der Waals surface area contributed by atoms with E-state index in [1.54, 1.807) is 63.8 Å². The normalized spacial score (nSPS) is 10.4. The van der Waals surface area contributed by atoms with Crippen molar-refractivity contribution in [1.82, 2.24) is 0 Å². The smallest absolute Gasteiger partial charge is 0.265 e. The minimum absolute atomic E-state index is 0.199. The molecule has 2 aromatic carbocycles. The number of methoxy groups -OCH3 is 3. The van der Waals surface area contributed by atoms with E-state index >= 15 is 0 Å². The molecule has 0 atom stereocenters. The third-order valence-electron chi connectivity index (χ3n) is 3.25. The minimum atomic E-state index is -0.311. The summed E-state index contributed by atoms with van der Waals surface area (Å²) in [6.07, 6.45) is 1.49. The fourth-order valence-corrected chi connectivity index (χ4v) is 2.00. The van der Waals surface area contributed by atoms with Gasteiger partial charge in [-0.25, -0.2) is 0 Å². The van der Waals surface area contributed by atoms with Gasteiger partial charge in [0, 0.05) is 11.3 Å². The second-order valence-electron chi connectivity index (χ2n) is 4.90. The summed E-state index contributed by atoms with van der Waals surface area (Å²) in [4.78, 5) is 16.8. The van der Waals surface area contributed by atoms with Crippen LogP contribution >= 0.6 is 0 Å². The molecule has 0 unspecified atom stereocenters. The second-order valence-corrected chi connectivity index (χ2v) is 4.90. The number of anilines is 1. The molecule has 25 heavy (non-hydrogen) atoms. The fourth-order valence-electron chi connectivity index (χ4n) is 2.00. The van der Waals surface area contributed by atoms with Crippen LogP contribution in [0.15, 0.2) is 47.6 Å². The highest BCUT2D eigenvalue weighted by Crippen LogP contribution is 2.26. The first-order chi connectivity index (χ1) is 12.2. The van der Waals surface area contributed by atoms with Gasteiger partial charge < -0.3 is 24.4 Å². The van der Waals surface area contributed by atoms with Crippen molar-refractivity contribution < 1.29 is 23.8 Å². The van der Waals surface area contributed by atoms with Gasteiger partial charge >= 0.3 is 0 Å². The van der Waals surface area contributed by atoms with Gasteiger partial charge in [0.05, 0.1) is 27.5 Å². The van der Waals surface area contributed by atoms with Gasteiger partial charge in [0.15, 0.2) is 18.1 Å². The molecule has 0 heterocycles. The van der Waals surface area contributed by atoms with Gasteiger partial charge in [-0.05, 0) is 42.5 Å². The largest absolute Gasteiger partial charge is 0.497 e. The maximum absolute atomic E-state index is 11.8. The lowest BCUT2D eigenvalue weighted by atomic mass is 10.2. The topological polar surface area (TPSA) is 78.4 Å². The molecular weight excluding hydrogens is 324 g/mol. The number of amides is 1. The van der Waals surface area contributed by atoms with Crippen LogP contribution in [0.25, 0.3) is 0 Å². The Morgan fingerprint density at radius 1 is 1.00 bits per heavy atom. The SMILES string of the molecule is COc1ccc(NC(=O)CO/N=C\c2ccc(OC)c(OC)c2)cc1. The van der Waals surface area contributed by atoms with Gasteiger partial charge in [0.1, 0.15) is 5.75 Å².